The summed E-state index contributed by atoms with van der Waals surface area (Å²) in [5.41, 5.74) is 0.666. The molecule has 110 valence electrons. The molecule has 0 aromatic heterocycles. The van der Waals surface area contributed by atoms with E-state index in [0.717, 1.165) is 19.4 Å². The van der Waals surface area contributed by atoms with Crippen molar-refractivity contribution >= 4 is 5.91 Å². The summed E-state index contributed by atoms with van der Waals surface area (Å²) in [7, 11) is 0. The molecule has 1 aliphatic rings. The summed E-state index contributed by atoms with van der Waals surface area (Å²) in [6.07, 6.45) is 0.832. The van der Waals surface area contributed by atoms with Crippen molar-refractivity contribution in [3.8, 4) is 0 Å². The van der Waals surface area contributed by atoms with E-state index in [2.05, 4.69) is 19.2 Å². The van der Waals surface area contributed by atoms with Crippen LogP contribution in [0.15, 0.2) is 30.3 Å². The number of carbonyl (C=O) groups excluding carboxylic acids is 1. The van der Waals surface area contributed by atoms with Crippen LogP contribution in [-0.2, 0) is 4.79 Å². The van der Waals surface area contributed by atoms with Gasteiger partial charge in [-0.05, 0) is 18.4 Å². The van der Waals surface area contributed by atoms with E-state index in [1.807, 2.05) is 23.1 Å². The zero-order valence-electron chi connectivity index (χ0n) is 12.2. The SMILES string of the molecule is CCC1CN(C(=O)C(O)c2ccccc2)C(CC)CN1. The van der Waals surface area contributed by atoms with Gasteiger partial charge in [-0.1, -0.05) is 44.2 Å². The van der Waals surface area contributed by atoms with Gasteiger partial charge < -0.3 is 15.3 Å². The van der Waals surface area contributed by atoms with E-state index in [4.69, 9.17) is 0 Å². The van der Waals surface area contributed by atoms with Crippen LogP contribution in [0.25, 0.3) is 0 Å². The van der Waals surface area contributed by atoms with Crippen LogP contribution in [0.4, 0.5) is 0 Å². The third-order valence-corrected chi connectivity index (χ3v) is 4.10. The first kappa shape index (κ1) is 15.0. The average molecular weight is 276 g/mol. The molecule has 3 atom stereocenters. The fraction of sp³-hybridized carbons (Fsp3) is 0.562. The first-order chi connectivity index (χ1) is 9.67. The Bertz CT molecular complexity index is 435. The minimum atomic E-state index is -1.05. The van der Waals surface area contributed by atoms with E-state index in [1.165, 1.54) is 0 Å². The molecule has 3 unspecified atom stereocenters. The van der Waals surface area contributed by atoms with Crippen molar-refractivity contribution in [2.24, 2.45) is 0 Å². The molecule has 1 aliphatic heterocycles. The van der Waals surface area contributed by atoms with Gasteiger partial charge in [0.05, 0.1) is 0 Å². The molecule has 0 spiro atoms. The summed E-state index contributed by atoms with van der Waals surface area (Å²) >= 11 is 0. The number of aliphatic hydroxyl groups is 1. The van der Waals surface area contributed by atoms with Crippen LogP contribution in [0.3, 0.4) is 0 Å². The Morgan fingerprint density at radius 3 is 2.65 bits per heavy atom. The molecule has 0 saturated carbocycles. The molecule has 4 nitrogen and oxygen atoms in total. The first-order valence-electron chi connectivity index (χ1n) is 7.44. The summed E-state index contributed by atoms with van der Waals surface area (Å²) in [4.78, 5) is 14.4. The van der Waals surface area contributed by atoms with Gasteiger partial charge in [0.15, 0.2) is 6.10 Å². The highest BCUT2D eigenvalue weighted by molar-refractivity contribution is 5.82. The molecule has 0 radical (unpaired) electrons. The third-order valence-electron chi connectivity index (χ3n) is 4.10. The maximum atomic E-state index is 12.6. The molecule has 1 saturated heterocycles. The highest BCUT2D eigenvalue weighted by atomic mass is 16.3. The van der Waals surface area contributed by atoms with Crippen molar-refractivity contribution in [1.29, 1.82) is 0 Å². The molecule has 2 N–H and O–H groups in total. The molecule has 1 fully saturated rings. The smallest absolute Gasteiger partial charge is 0.256 e. The Morgan fingerprint density at radius 1 is 1.35 bits per heavy atom. The van der Waals surface area contributed by atoms with Gasteiger partial charge in [0, 0.05) is 25.2 Å². The number of carbonyl (C=O) groups is 1. The van der Waals surface area contributed by atoms with E-state index in [1.54, 1.807) is 12.1 Å². The van der Waals surface area contributed by atoms with Gasteiger partial charge in [-0.25, -0.2) is 0 Å². The lowest BCUT2D eigenvalue weighted by Crippen LogP contribution is -2.58. The number of rotatable bonds is 4. The van der Waals surface area contributed by atoms with Crippen molar-refractivity contribution in [2.75, 3.05) is 13.1 Å². The summed E-state index contributed by atoms with van der Waals surface area (Å²) in [5.74, 6) is -0.178. The Balaban J connectivity index is 2.12. The second kappa shape index (κ2) is 6.86. The molecule has 1 aromatic rings. The summed E-state index contributed by atoms with van der Waals surface area (Å²) in [6, 6.07) is 9.65. The molecular weight excluding hydrogens is 252 g/mol. The molecular formula is C16H24N2O2. The van der Waals surface area contributed by atoms with E-state index in [-0.39, 0.29) is 11.9 Å². The second-order valence-corrected chi connectivity index (χ2v) is 5.38. The van der Waals surface area contributed by atoms with Gasteiger partial charge in [-0.2, -0.15) is 0 Å². The van der Waals surface area contributed by atoms with Crippen molar-refractivity contribution in [2.45, 2.75) is 44.9 Å². The molecule has 2 rings (SSSR count). The van der Waals surface area contributed by atoms with Crippen LogP contribution < -0.4 is 5.32 Å². The predicted molar refractivity (Wildman–Crippen MR) is 79.3 cm³/mol. The van der Waals surface area contributed by atoms with Crippen LogP contribution in [-0.4, -0.2) is 41.1 Å². The molecule has 0 bridgehead atoms. The van der Waals surface area contributed by atoms with Crippen molar-refractivity contribution in [3.63, 3.8) is 0 Å². The molecule has 1 amide bonds. The number of aliphatic hydroxyl groups excluding tert-OH is 1. The Hall–Kier alpha value is -1.39. The number of amides is 1. The van der Waals surface area contributed by atoms with Crippen LogP contribution >= 0.6 is 0 Å². The van der Waals surface area contributed by atoms with Gasteiger partial charge in [-0.15, -0.1) is 0 Å². The number of nitrogens with zero attached hydrogens (tertiary/aromatic N) is 1. The van der Waals surface area contributed by atoms with Crippen molar-refractivity contribution in [3.05, 3.63) is 35.9 Å². The van der Waals surface area contributed by atoms with Crippen LogP contribution in [0.1, 0.15) is 38.4 Å². The minimum absolute atomic E-state index is 0.170. The summed E-state index contributed by atoms with van der Waals surface area (Å²) in [6.45, 7) is 5.67. The second-order valence-electron chi connectivity index (χ2n) is 5.38. The average Bonchev–Trinajstić information content (AvgIpc) is 2.53. The van der Waals surface area contributed by atoms with Gasteiger partial charge in [0.1, 0.15) is 0 Å². The van der Waals surface area contributed by atoms with Crippen molar-refractivity contribution in [1.82, 2.24) is 10.2 Å². The zero-order chi connectivity index (χ0) is 14.5. The maximum Gasteiger partial charge on any atom is 0.256 e. The lowest BCUT2D eigenvalue weighted by molar-refractivity contribution is -0.144. The van der Waals surface area contributed by atoms with E-state index in [9.17, 15) is 9.90 Å². The largest absolute Gasteiger partial charge is 0.378 e. The van der Waals surface area contributed by atoms with Gasteiger partial charge in [-0.3, -0.25) is 4.79 Å². The lowest BCUT2D eigenvalue weighted by Gasteiger charge is -2.40. The zero-order valence-corrected chi connectivity index (χ0v) is 12.2. The Morgan fingerprint density at radius 2 is 2.05 bits per heavy atom. The molecule has 0 aliphatic carbocycles. The standard InChI is InChI=1S/C16H24N2O2/c1-3-13-11-18(14(4-2)10-17-13)16(20)15(19)12-8-6-5-7-9-12/h5-9,13-15,17,19H,3-4,10-11H2,1-2H3. The van der Waals surface area contributed by atoms with Gasteiger partial charge in [0.25, 0.3) is 5.91 Å². The molecule has 20 heavy (non-hydrogen) atoms. The highest BCUT2D eigenvalue weighted by Crippen LogP contribution is 2.20. The highest BCUT2D eigenvalue weighted by Gasteiger charge is 2.33. The maximum absolute atomic E-state index is 12.6. The third kappa shape index (κ3) is 3.19. The van der Waals surface area contributed by atoms with Crippen LogP contribution in [0.5, 0.6) is 0 Å². The van der Waals surface area contributed by atoms with Crippen molar-refractivity contribution < 1.29 is 9.90 Å². The van der Waals surface area contributed by atoms with Crippen LogP contribution in [0.2, 0.25) is 0 Å². The molecule has 4 heteroatoms. The number of piperazine rings is 1. The predicted octanol–water partition coefficient (Wildman–Crippen LogP) is 1.71. The quantitative estimate of drug-likeness (QED) is 0.880. The van der Waals surface area contributed by atoms with Crippen LogP contribution in [0, 0.1) is 0 Å². The van der Waals surface area contributed by atoms with E-state index < -0.39 is 6.10 Å². The lowest BCUT2D eigenvalue weighted by atomic mass is 10.0. The minimum Gasteiger partial charge on any atom is -0.378 e. The molecule has 1 heterocycles. The van der Waals surface area contributed by atoms with Gasteiger partial charge in [0.2, 0.25) is 0 Å². The van der Waals surface area contributed by atoms with E-state index in [0.29, 0.717) is 18.2 Å². The fourth-order valence-corrected chi connectivity index (χ4v) is 2.71. The summed E-state index contributed by atoms with van der Waals surface area (Å²) in [5, 5.41) is 13.8. The number of nitrogens with one attached hydrogen (secondary N) is 1. The number of hydrogen-bond acceptors (Lipinski definition) is 3. The molecule has 1 aromatic carbocycles. The normalized spacial score (nSPS) is 24.4. The van der Waals surface area contributed by atoms with Gasteiger partial charge >= 0.3 is 0 Å². The topological polar surface area (TPSA) is 52.6 Å². The van der Waals surface area contributed by atoms with E-state index >= 15 is 0 Å². The Kier molecular flexibility index (Phi) is 5.15. The number of hydrogen-bond donors (Lipinski definition) is 2. The first-order valence-corrected chi connectivity index (χ1v) is 7.44. The fourth-order valence-electron chi connectivity index (χ4n) is 2.71. The monoisotopic (exact) mass is 276 g/mol. The number of benzene rings is 1. The Labute approximate surface area is 120 Å². The summed E-state index contributed by atoms with van der Waals surface area (Å²) < 4.78 is 0.